The van der Waals surface area contributed by atoms with E-state index in [9.17, 15) is 21.6 Å². The number of sulfone groups is 1. The molecular weight excluding hydrogens is 317 g/mol. The van der Waals surface area contributed by atoms with Gasteiger partial charge in [-0.1, -0.05) is 0 Å². The maximum Gasteiger partial charge on any atom is 0.416 e. The lowest BCUT2D eigenvalue weighted by atomic mass is 10.2. The van der Waals surface area contributed by atoms with E-state index in [1.165, 1.54) is 0 Å². The highest BCUT2D eigenvalue weighted by molar-refractivity contribution is 7.92. The molecule has 2 aliphatic heterocycles. The summed E-state index contributed by atoms with van der Waals surface area (Å²) in [6, 6.07) is 3.65. The zero-order valence-electron chi connectivity index (χ0n) is 11.8. The molecule has 2 atom stereocenters. The SMILES string of the molecule is O=S(=O)(c1ccc(C(F)(F)F)cc1)C1NCCN2CCCC12. The number of nitrogens with zero attached hydrogens (tertiary/aromatic N) is 1. The number of nitrogens with one attached hydrogen (secondary N) is 1. The van der Waals surface area contributed by atoms with E-state index >= 15 is 0 Å². The maximum absolute atomic E-state index is 12.7. The van der Waals surface area contributed by atoms with Gasteiger partial charge in [0.25, 0.3) is 0 Å². The first-order chi connectivity index (χ1) is 10.3. The van der Waals surface area contributed by atoms with Gasteiger partial charge in [-0.3, -0.25) is 10.2 Å². The standard InChI is InChI=1S/C14H17F3N2O2S/c15-14(16,17)10-3-5-11(6-4-10)22(20,21)13-12-2-1-8-19(12)9-7-18-13/h3-6,12-13,18H,1-2,7-9H2. The molecule has 122 valence electrons. The summed E-state index contributed by atoms with van der Waals surface area (Å²) in [5.74, 6) is 0. The number of hydrogen-bond acceptors (Lipinski definition) is 4. The van der Waals surface area contributed by atoms with Crippen molar-refractivity contribution in [1.29, 1.82) is 0 Å². The smallest absolute Gasteiger partial charge is 0.298 e. The summed E-state index contributed by atoms with van der Waals surface area (Å²) in [4.78, 5) is 2.08. The van der Waals surface area contributed by atoms with E-state index in [2.05, 4.69) is 10.2 Å². The van der Waals surface area contributed by atoms with Crippen LogP contribution in [0.1, 0.15) is 18.4 Å². The van der Waals surface area contributed by atoms with E-state index in [4.69, 9.17) is 0 Å². The van der Waals surface area contributed by atoms with E-state index in [0.717, 1.165) is 50.2 Å². The van der Waals surface area contributed by atoms with Crippen LogP contribution in [0.3, 0.4) is 0 Å². The van der Waals surface area contributed by atoms with Crippen molar-refractivity contribution in [3.05, 3.63) is 29.8 Å². The number of piperazine rings is 1. The highest BCUT2D eigenvalue weighted by atomic mass is 32.2. The van der Waals surface area contributed by atoms with Crippen molar-refractivity contribution in [2.45, 2.75) is 35.3 Å². The highest BCUT2D eigenvalue weighted by Crippen LogP contribution is 2.32. The second-order valence-corrected chi connectivity index (χ2v) is 7.76. The number of alkyl halides is 3. The Bertz CT molecular complexity index is 643. The molecule has 0 aliphatic carbocycles. The topological polar surface area (TPSA) is 49.4 Å². The maximum atomic E-state index is 12.7. The molecule has 2 heterocycles. The van der Waals surface area contributed by atoms with Gasteiger partial charge >= 0.3 is 6.18 Å². The van der Waals surface area contributed by atoms with Gasteiger partial charge in [0.05, 0.1) is 10.5 Å². The molecular formula is C14H17F3N2O2S. The van der Waals surface area contributed by atoms with E-state index in [0.29, 0.717) is 6.54 Å². The third-order valence-corrected chi connectivity index (χ3v) is 6.43. The zero-order valence-corrected chi connectivity index (χ0v) is 12.6. The van der Waals surface area contributed by atoms with E-state index < -0.39 is 27.0 Å². The normalized spacial score (nSPS) is 26.9. The fourth-order valence-electron chi connectivity index (χ4n) is 3.26. The fourth-order valence-corrected chi connectivity index (χ4v) is 5.12. The second-order valence-electron chi connectivity index (χ2n) is 5.69. The molecule has 1 aromatic carbocycles. The lowest BCUT2D eigenvalue weighted by Gasteiger charge is -2.37. The van der Waals surface area contributed by atoms with Crippen LogP contribution in [0.25, 0.3) is 0 Å². The Morgan fingerprint density at radius 3 is 2.45 bits per heavy atom. The minimum Gasteiger partial charge on any atom is -0.298 e. The number of benzene rings is 1. The summed E-state index contributed by atoms with van der Waals surface area (Å²) in [6.45, 7) is 2.26. The summed E-state index contributed by atoms with van der Waals surface area (Å²) in [6.07, 6.45) is -2.73. The third-order valence-electron chi connectivity index (χ3n) is 4.35. The van der Waals surface area contributed by atoms with Crippen LogP contribution in [0.4, 0.5) is 13.2 Å². The Balaban J connectivity index is 1.89. The number of hydrogen-bond donors (Lipinski definition) is 1. The van der Waals surface area contributed by atoms with Crippen LogP contribution in [0.2, 0.25) is 0 Å². The Labute approximate surface area is 127 Å². The lowest BCUT2D eigenvalue weighted by Crippen LogP contribution is -2.58. The van der Waals surface area contributed by atoms with Crippen LogP contribution in [0.5, 0.6) is 0 Å². The number of halogens is 3. The largest absolute Gasteiger partial charge is 0.416 e. The van der Waals surface area contributed by atoms with Crippen LogP contribution in [-0.2, 0) is 16.0 Å². The van der Waals surface area contributed by atoms with Gasteiger partial charge in [0.15, 0.2) is 9.84 Å². The van der Waals surface area contributed by atoms with Crippen LogP contribution < -0.4 is 5.32 Å². The molecule has 1 aromatic rings. The molecule has 4 nitrogen and oxygen atoms in total. The summed E-state index contributed by atoms with van der Waals surface area (Å²) in [5.41, 5.74) is -0.842. The number of rotatable bonds is 2. The van der Waals surface area contributed by atoms with Crippen LogP contribution >= 0.6 is 0 Å². The molecule has 2 fully saturated rings. The van der Waals surface area contributed by atoms with Gasteiger partial charge in [0.1, 0.15) is 5.37 Å². The van der Waals surface area contributed by atoms with Gasteiger partial charge in [0, 0.05) is 19.1 Å². The van der Waals surface area contributed by atoms with Crippen molar-refractivity contribution in [1.82, 2.24) is 10.2 Å². The molecule has 0 bridgehead atoms. The Morgan fingerprint density at radius 2 is 1.82 bits per heavy atom. The molecule has 0 aromatic heterocycles. The quantitative estimate of drug-likeness (QED) is 0.897. The Morgan fingerprint density at radius 1 is 1.14 bits per heavy atom. The first-order valence-corrected chi connectivity index (χ1v) is 8.73. The van der Waals surface area contributed by atoms with Crippen molar-refractivity contribution >= 4 is 9.84 Å². The van der Waals surface area contributed by atoms with E-state index in [1.807, 2.05) is 0 Å². The average Bonchev–Trinajstić information content (AvgIpc) is 2.94. The summed E-state index contributed by atoms with van der Waals surface area (Å²) in [5, 5.41) is 2.27. The van der Waals surface area contributed by atoms with Gasteiger partial charge in [0.2, 0.25) is 0 Å². The molecule has 2 saturated heterocycles. The first-order valence-electron chi connectivity index (χ1n) is 7.19. The third kappa shape index (κ3) is 2.75. The predicted octanol–water partition coefficient (Wildman–Crippen LogP) is 1.87. The molecule has 0 radical (unpaired) electrons. The molecule has 3 rings (SSSR count). The van der Waals surface area contributed by atoms with Crippen molar-refractivity contribution in [3.63, 3.8) is 0 Å². The second kappa shape index (κ2) is 5.50. The molecule has 2 unspecified atom stereocenters. The van der Waals surface area contributed by atoms with Crippen molar-refractivity contribution in [3.8, 4) is 0 Å². The molecule has 22 heavy (non-hydrogen) atoms. The molecule has 0 saturated carbocycles. The predicted molar refractivity (Wildman–Crippen MR) is 75.0 cm³/mol. The van der Waals surface area contributed by atoms with Crippen molar-refractivity contribution < 1.29 is 21.6 Å². The van der Waals surface area contributed by atoms with E-state index in [-0.39, 0.29) is 10.9 Å². The minimum atomic E-state index is -4.46. The Hall–Kier alpha value is -1.12. The Kier molecular flexibility index (Phi) is 3.94. The van der Waals surface area contributed by atoms with Crippen molar-refractivity contribution in [2.75, 3.05) is 19.6 Å². The monoisotopic (exact) mass is 334 g/mol. The van der Waals surface area contributed by atoms with Gasteiger partial charge in [-0.2, -0.15) is 13.2 Å². The van der Waals surface area contributed by atoms with Gasteiger partial charge in [-0.25, -0.2) is 8.42 Å². The minimum absolute atomic E-state index is 0.0632. The molecule has 1 N–H and O–H groups in total. The fraction of sp³-hybridized carbons (Fsp3) is 0.571. The van der Waals surface area contributed by atoms with Gasteiger partial charge in [-0.15, -0.1) is 0 Å². The van der Waals surface area contributed by atoms with Crippen LogP contribution in [0.15, 0.2) is 29.2 Å². The molecule has 0 amide bonds. The van der Waals surface area contributed by atoms with Gasteiger partial charge < -0.3 is 0 Å². The van der Waals surface area contributed by atoms with Crippen LogP contribution in [-0.4, -0.2) is 44.4 Å². The lowest BCUT2D eigenvalue weighted by molar-refractivity contribution is -0.137. The van der Waals surface area contributed by atoms with Crippen molar-refractivity contribution in [2.24, 2.45) is 0 Å². The molecule has 0 spiro atoms. The van der Waals surface area contributed by atoms with Gasteiger partial charge in [-0.05, 0) is 43.7 Å². The molecule has 2 aliphatic rings. The summed E-state index contributed by atoms with van der Waals surface area (Å²) < 4.78 is 63.2. The van der Waals surface area contributed by atoms with E-state index in [1.54, 1.807) is 0 Å². The molecule has 8 heteroatoms. The highest BCUT2D eigenvalue weighted by Gasteiger charge is 2.42. The first kappa shape index (κ1) is 15.8. The zero-order chi connectivity index (χ0) is 16.0. The average molecular weight is 334 g/mol. The number of fused-ring (bicyclic) bond motifs is 1. The van der Waals surface area contributed by atoms with Crippen LogP contribution in [0, 0.1) is 0 Å². The summed E-state index contributed by atoms with van der Waals surface area (Å²) in [7, 11) is -3.70. The summed E-state index contributed by atoms with van der Waals surface area (Å²) >= 11 is 0.